The second-order valence-corrected chi connectivity index (χ2v) is 17.6. The van der Waals surface area contributed by atoms with E-state index in [-0.39, 0.29) is 69.1 Å². The highest BCUT2D eigenvalue weighted by Crippen LogP contribution is 2.34. The van der Waals surface area contributed by atoms with Crippen LogP contribution in [-0.4, -0.2) is 158 Å². The van der Waals surface area contributed by atoms with Crippen molar-refractivity contribution in [2.24, 2.45) is 70.3 Å². The first-order valence-corrected chi connectivity index (χ1v) is 24.3. The summed E-state index contributed by atoms with van der Waals surface area (Å²) < 4.78 is 14.0. The molecule has 3 aliphatic heterocycles. The van der Waals surface area contributed by atoms with Crippen LogP contribution < -0.4 is 33.6 Å². The molecule has 0 aromatic carbocycles. The molecule has 69 heavy (non-hydrogen) atoms. The molecule has 8 unspecified atom stereocenters. The summed E-state index contributed by atoms with van der Waals surface area (Å²) in [6, 6.07) is 0. The van der Waals surface area contributed by atoms with Crippen molar-refractivity contribution in [1.29, 1.82) is 0 Å². The number of nitrogens with two attached hydrogens (primary N) is 4. The van der Waals surface area contributed by atoms with Gasteiger partial charge in [-0.05, 0) is 44.9 Å². The third-order valence-electron chi connectivity index (χ3n) is 12.3. The quantitative estimate of drug-likeness (QED) is 0.0244. The summed E-state index contributed by atoms with van der Waals surface area (Å²) in [5.74, 6) is -11.5. The van der Waals surface area contributed by atoms with E-state index in [0.717, 1.165) is 32.5 Å². The van der Waals surface area contributed by atoms with Gasteiger partial charge in [-0.25, -0.2) is 0 Å². The monoisotopic (exact) mass is 985 g/mol. The van der Waals surface area contributed by atoms with E-state index in [9.17, 15) is 58.2 Å². The molecule has 0 aliphatic carbocycles. The highest BCUT2D eigenvalue weighted by molar-refractivity contribution is 5.97. The molecule has 0 spiro atoms. The van der Waals surface area contributed by atoms with Crippen LogP contribution in [0.4, 0.5) is 0 Å². The second kappa shape index (κ2) is 34.4. The maximum Gasteiger partial charge on any atom is 0.317 e. The van der Waals surface area contributed by atoms with Gasteiger partial charge in [0, 0.05) is 90.4 Å². The minimum Gasteiger partial charge on any atom is -0.481 e. The van der Waals surface area contributed by atoms with Gasteiger partial charge in [-0.15, -0.1) is 0 Å². The number of carboxylic acid groups (broad SMARTS) is 2. The van der Waals surface area contributed by atoms with Gasteiger partial charge in [-0.1, -0.05) is 47.0 Å². The standard InChI is InChI=1S/C32H50N4O12.C8H12O3.C6H18N4/c1-3-5-21-23(31(45)47-29(21)43)9-7-19(17-25(37)38)27(41)34-12-15-36(14-11-33)16-13-35-28(42)20(18-26(39)40)8-10-24-22(6-4-2)30(44)48-32(24)46;1-3-4-6-5(2)7(9)11-8(6)10;7-1-4-10(5-2-8)6-3-9/h19-24H,3-18,33H2,1-2H3,(H,34,41)(H,35,42)(H,37,38)(H,39,40);5-6H,3-4H2,1-2H3;1-9H2. The molecule has 3 saturated heterocycles. The molecule has 0 radical (unpaired) electrons. The van der Waals surface area contributed by atoms with E-state index >= 15 is 0 Å². The van der Waals surface area contributed by atoms with Gasteiger partial charge in [0.2, 0.25) is 11.8 Å². The molecule has 0 bridgehead atoms. The van der Waals surface area contributed by atoms with Crippen LogP contribution in [0.2, 0.25) is 0 Å². The highest BCUT2D eigenvalue weighted by atomic mass is 16.6. The van der Waals surface area contributed by atoms with Crippen LogP contribution in [0, 0.1) is 47.3 Å². The topological polar surface area (TPSA) is 373 Å². The Morgan fingerprint density at radius 1 is 0.493 bits per heavy atom. The van der Waals surface area contributed by atoms with Gasteiger partial charge < -0.3 is 58.0 Å². The van der Waals surface area contributed by atoms with Crippen molar-refractivity contribution in [1.82, 2.24) is 20.4 Å². The van der Waals surface area contributed by atoms with Crippen LogP contribution in [-0.2, 0) is 62.2 Å². The summed E-state index contributed by atoms with van der Waals surface area (Å²) >= 11 is 0. The number of carbonyl (C=O) groups excluding carboxylic acids is 8. The van der Waals surface area contributed by atoms with E-state index in [0.29, 0.717) is 65.0 Å². The van der Waals surface area contributed by atoms with Crippen LogP contribution in [0.25, 0.3) is 0 Å². The number of carbonyl (C=O) groups is 10. The number of esters is 6. The zero-order chi connectivity index (χ0) is 52.1. The van der Waals surface area contributed by atoms with Gasteiger partial charge >= 0.3 is 47.8 Å². The minimum absolute atomic E-state index is 0.0823. The summed E-state index contributed by atoms with van der Waals surface area (Å²) in [6.07, 6.45) is 3.46. The molecule has 394 valence electrons. The van der Waals surface area contributed by atoms with Crippen LogP contribution in [0.15, 0.2) is 0 Å². The molecule has 12 N–H and O–H groups in total. The zero-order valence-corrected chi connectivity index (χ0v) is 41.0. The fourth-order valence-corrected chi connectivity index (χ4v) is 8.57. The Hall–Kier alpha value is -4.94. The molecule has 3 rings (SSSR count). The van der Waals surface area contributed by atoms with Crippen molar-refractivity contribution < 1.29 is 72.4 Å². The van der Waals surface area contributed by atoms with Gasteiger partial charge in [0.1, 0.15) is 0 Å². The van der Waals surface area contributed by atoms with E-state index in [1.807, 2.05) is 25.7 Å². The van der Waals surface area contributed by atoms with Crippen molar-refractivity contribution in [2.75, 3.05) is 78.5 Å². The van der Waals surface area contributed by atoms with Crippen LogP contribution in [0.3, 0.4) is 0 Å². The highest BCUT2D eigenvalue weighted by Gasteiger charge is 2.45. The molecule has 0 aromatic rings. The summed E-state index contributed by atoms with van der Waals surface area (Å²) in [6.45, 7) is 13.8. The first-order valence-electron chi connectivity index (χ1n) is 24.3. The maximum atomic E-state index is 12.9. The van der Waals surface area contributed by atoms with Gasteiger partial charge in [-0.2, -0.15) is 0 Å². The first kappa shape index (κ1) is 62.1. The number of hydrogen-bond acceptors (Lipinski definition) is 19. The minimum atomic E-state index is -1.18. The number of rotatable bonds is 32. The Morgan fingerprint density at radius 3 is 1.07 bits per heavy atom. The Balaban J connectivity index is 0.000000923. The first-order chi connectivity index (χ1) is 32.8. The lowest BCUT2D eigenvalue weighted by molar-refractivity contribution is -0.155. The average Bonchev–Trinajstić information content (AvgIpc) is 3.82. The molecule has 0 aromatic heterocycles. The molecule has 8 atom stereocenters. The molecule has 3 aliphatic rings. The van der Waals surface area contributed by atoms with E-state index in [1.54, 1.807) is 6.92 Å². The normalized spacial score (nSPS) is 21.7. The van der Waals surface area contributed by atoms with Gasteiger partial charge in [0.15, 0.2) is 0 Å². The smallest absolute Gasteiger partial charge is 0.317 e. The molecule has 3 fully saturated rings. The van der Waals surface area contributed by atoms with E-state index < -0.39 is 96.0 Å². The molecule has 23 heteroatoms. The lowest BCUT2D eigenvalue weighted by atomic mass is 9.84. The summed E-state index contributed by atoms with van der Waals surface area (Å²) in [7, 11) is 0. The van der Waals surface area contributed by atoms with Crippen molar-refractivity contribution in [3.8, 4) is 0 Å². The zero-order valence-electron chi connectivity index (χ0n) is 41.0. The summed E-state index contributed by atoms with van der Waals surface area (Å²) in [5.41, 5.74) is 21.8. The Kier molecular flexibility index (Phi) is 30.9. The van der Waals surface area contributed by atoms with Gasteiger partial charge in [-0.3, -0.25) is 57.7 Å². The Bertz CT molecular complexity index is 1590. The number of ether oxygens (including phenoxy) is 3. The van der Waals surface area contributed by atoms with Crippen molar-refractivity contribution in [2.45, 2.75) is 105 Å². The predicted molar refractivity (Wildman–Crippen MR) is 250 cm³/mol. The number of carboxylic acids is 2. The summed E-state index contributed by atoms with van der Waals surface area (Å²) in [4.78, 5) is 123. The molecule has 2 amide bonds. The molecule has 23 nitrogen and oxygen atoms in total. The van der Waals surface area contributed by atoms with Crippen LogP contribution in [0.5, 0.6) is 0 Å². The third kappa shape index (κ3) is 22.6. The Labute approximate surface area is 405 Å². The average molecular weight is 985 g/mol. The van der Waals surface area contributed by atoms with Crippen molar-refractivity contribution in [3.05, 3.63) is 0 Å². The molecular formula is C46H80N8O15. The van der Waals surface area contributed by atoms with Gasteiger partial charge in [0.05, 0.1) is 48.3 Å². The van der Waals surface area contributed by atoms with Crippen molar-refractivity contribution in [3.63, 3.8) is 0 Å². The second-order valence-electron chi connectivity index (χ2n) is 17.6. The van der Waals surface area contributed by atoms with E-state index in [4.69, 9.17) is 32.4 Å². The summed E-state index contributed by atoms with van der Waals surface area (Å²) in [5, 5.41) is 24.2. The largest absolute Gasteiger partial charge is 0.481 e. The van der Waals surface area contributed by atoms with Crippen LogP contribution in [0.1, 0.15) is 105 Å². The fraction of sp³-hybridized carbons (Fsp3) is 0.783. The number of hydrogen-bond donors (Lipinski definition) is 8. The Morgan fingerprint density at radius 2 is 0.783 bits per heavy atom. The molecule has 3 heterocycles. The molecular weight excluding hydrogens is 905 g/mol. The fourth-order valence-electron chi connectivity index (χ4n) is 8.57. The van der Waals surface area contributed by atoms with Crippen LogP contribution >= 0.6 is 0 Å². The maximum absolute atomic E-state index is 12.9. The predicted octanol–water partition coefficient (Wildman–Crippen LogP) is -0.260. The lowest BCUT2D eigenvalue weighted by Crippen LogP contribution is -2.43. The number of aliphatic carboxylic acids is 2. The molecule has 0 saturated carbocycles. The SMILES string of the molecule is CCCC1C(=O)OC(=O)C1C.CCCC1C(=O)OC(=O)C1CCC(CC(=O)O)C(=O)NCCN(CCN)CCNC(=O)C(CCC1C(=O)OC(=O)C1CCC)CC(=O)O.NCCN(CCN)CCN. The lowest BCUT2D eigenvalue weighted by Gasteiger charge is -2.24. The van der Waals surface area contributed by atoms with Gasteiger partial charge in [0.25, 0.3) is 0 Å². The third-order valence-corrected chi connectivity index (χ3v) is 12.3. The number of nitrogens with zero attached hydrogens (tertiary/aromatic N) is 2. The number of cyclic esters (lactones) is 6. The van der Waals surface area contributed by atoms with E-state index in [2.05, 4.69) is 20.3 Å². The number of nitrogens with one attached hydrogen (secondary N) is 2. The number of amides is 2. The van der Waals surface area contributed by atoms with Crippen molar-refractivity contribution >= 4 is 59.6 Å². The van der Waals surface area contributed by atoms with E-state index in [1.165, 1.54) is 0 Å².